The van der Waals surface area contributed by atoms with Gasteiger partial charge in [0, 0.05) is 27.7 Å². The molecular weight excluding hydrogens is 558 g/mol. The molecule has 0 saturated carbocycles. The van der Waals surface area contributed by atoms with Crippen molar-refractivity contribution >= 4 is 60.5 Å². The van der Waals surface area contributed by atoms with E-state index in [1.807, 2.05) is 12.1 Å². The largest absolute Gasteiger partial charge is 0.456 e. The molecule has 0 aliphatic carbocycles. The van der Waals surface area contributed by atoms with Gasteiger partial charge in [0.2, 0.25) is 0 Å². The zero-order valence-electron chi connectivity index (χ0n) is 25.1. The highest BCUT2D eigenvalue weighted by Gasteiger charge is 2.19. The first-order chi connectivity index (χ1) is 22.8. The van der Waals surface area contributed by atoms with Gasteiger partial charge in [-0.3, -0.25) is 0 Å². The zero-order valence-corrected chi connectivity index (χ0v) is 25.1. The second-order valence-electron chi connectivity index (χ2n) is 11.8. The predicted molar refractivity (Wildman–Crippen MR) is 194 cm³/mol. The van der Waals surface area contributed by atoms with Gasteiger partial charge in [-0.05, 0) is 86.8 Å². The molecule has 0 unspecified atom stereocenters. The molecule has 8 aromatic carbocycles. The third kappa shape index (κ3) is 4.43. The van der Waals surface area contributed by atoms with E-state index < -0.39 is 0 Å². The fraction of sp³-hybridized carbons (Fsp3) is 0. The highest BCUT2D eigenvalue weighted by molar-refractivity contribution is 6.19. The van der Waals surface area contributed by atoms with Crippen molar-refractivity contribution in [1.29, 1.82) is 0 Å². The molecule has 2 nitrogen and oxygen atoms in total. The first kappa shape index (κ1) is 26.3. The normalized spacial score (nSPS) is 11.5. The number of furan rings is 1. The smallest absolute Gasteiger partial charge is 0.136 e. The summed E-state index contributed by atoms with van der Waals surface area (Å²) in [4.78, 5) is 2.38. The van der Waals surface area contributed by atoms with Gasteiger partial charge >= 0.3 is 0 Å². The molecule has 1 heterocycles. The number of hydrogen-bond donors (Lipinski definition) is 0. The minimum Gasteiger partial charge on any atom is -0.456 e. The topological polar surface area (TPSA) is 16.4 Å². The zero-order chi connectivity index (χ0) is 30.5. The number of hydrogen-bond acceptors (Lipinski definition) is 2. The average molecular weight is 588 g/mol. The Labute approximate surface area is 267 Å². The molecule has 0 radical (unpaired) electrons. The van der Waals surface area contributed by atoms with E-state index in [2.05, 4.69) is 169 Å². The maximum Gasteiger partial charge on any atom is 0.136 e. The Balaban J connectivity index is 1.21. The number of anilines is 3. The van der Waals surface area contributed by atoms with Crippen molar-refractivity contribution in [3.05, 3.63) is 176 Å². The average Bonchev–Trinajstić information content (AvgIpc) is 3.52. The number of para-hydroxylation sites is 2. The fourth-order valence-corrected chi connectivity index (χ4v) is 6.81. The summed E-state index contributed by atoms with van der Waals surface area (Å²) in [5, 5.41) is 7.17. The van der Waals surface area contributed by atoms with Crippen LogP contribution >= 0.6 is 0 Å². The van der Waals surface area contributed by atoms with Gasteiger partial charge < -0.3 is 9.32 Å². The Hall–Kier alpha value is -6.12. The summed E-state index contributed by atoms with van der Waals surface area (Å²) in [5.41, 5.74) is 9.92. The van der Waals surface area contributed by atoms with Gasteiger partial charge in [-0.1, -0.05) is 127 Å². The Morgan fingerprint density at radius 3 is 1.96 bits per heavy atom. The lowest BCUT2D eigenvalue weighted by Gasteiger charge is -2.28. The Morgan fingerprint density at radius 1 is 0.370 bits per heavy atom. The maximum absolute atomic E-state index is 6.20. The summed E-state index contributed by atoms with van der Waals surface area (Å²) in [7, 11) is 0. The van der Waals surface area contributed by atoms with Crippen LogP contribution in [0, 0.1) is 0 Å². The summed E-state index contributed by atoms with van der Waals surface area (Å²) in [6, 6.07) is 62.8. The van der Waals surface area contributed by atoms with Crippen LogP contribution < -0.4 is 4.90 Å². The van der Waals surface area contributed by atoms with Gasteiger partial charge in [0.15, 0.2) is 0 Å². The van der Waals surface area contributed by atoms with E-state index in [9.17, 15) is 0 Å². The quantitative estimate of drug-likeness (QED) is 0.199. The summed E-state index contributed by atoms with van der Waals surface area (Å²) < 4.78 is 6.20. The van der Waals surface area contributed by atoms with E-state index in [0.29, 0.717) is 0 Å². The molecule has 0 aliphatic heterocycles. The van der Waals surface area contributed by atoms with E-state index in [0.717, 1.165) is 39.0 Å². The summed E-state index contributed by atoms with van der Waals surface area (Å²) in [5.74, 6) is 0. The summed E-state index contributed by atoms with van der Waals surface area (Å²) in [6.45, 7) is 0. The number of benzene rings is 8. The van der Waals surface area contributed by atoms with Gasteiger partial charge in [0.05, 0.1) is 5.69 Å². The van der Waals surface area contributed by atoms with Crippen molar-refractivity contribution in [3.8, 4) is 22.3 Å². The predicted octanol–water partition coefficient (Wildman–Crippen LogP) is 12.7. The third-order valence-electron chi connectivity index (χ3n) is 9.04. The molecule has 2 heteroatoms. The van der Waals surface area contributed by atoms with Gasteiger partial charge in [0.25, 0.3) is 0 Å². The number of nitrogens with zero attached hydrogens (tertiary/aromatic N) is 1. The highest BCUT2D eigenvalue weighted by atomic mass is 16.3. The lowest BCUT2D eigenvalue weighted by molar-refractivity contribution is 0.669. The fourth-order valence-electron chi connectivity index (χ4n) is 6.81. The van der Waals surface area contributed by atoms with Crippen molar-refractivity contribution in [2.45, 2.75) is 0 Å². The van der Waals surface area contributed by atoms with Crippen molar-refractivity contribution in [2.75, 3.05) is 4.90 Å². The minimum atomic E-state index is 0.914. The Kier molecular flexibility index (Phi) is 6.17. The first-order valence-corrected chi connectivity index (χ1v) is 15.7. The lowest BCUT2D eigenvalue weighted by atomic mass is 9.99. The molecule has 9 rings (SSSR count). The van der Waals surface area contributed by atoms with Crippen LogP contribution in [0.5, 0.6) is 0 Å². The molecule has 0 bridgehead atoms. The highest BCUT2D eigenvalue weighted by Crippen LogP contribution is 2.43. The third-order valence-corrected chi connectivity index (χ3v) is 9.04. The van der Waals surface area contributed by atoms with E-state index in [1.54, 1.807) is 0 Å². The second-order valence-corrected chi connectivity index (χ2v) is 11.8. The standard InChI is InChI=1S/C44H29NO/c1-2-11-32(12-3-1)38-14-6-8-16-41(38)45(36-23-20-31(21-24-36)34-19-18-30-10-4-5-13-33(30)28-34)37-25-26-39-35(29-37)22-27-43-44(39)40-15-7-9-17-42(40)46-43/h1-29H. The second kappa shape index (κ2) is 10.8. The molecule has 0 spiro atoms. The van der Waals surface area contributed by atoms with Crippen LogP contribution in [0.25, 0.3) is 65.7 Å². The van der Waals surface area contributed by atoms with Gasteiger partial charge in [-0.15, -0.1) is 0 Å². The molecule has 0 fully saturated rings. The van der Waals surface area contributed by atoms with Crippen molar-refractivity contribution < 1.29 is 4.42 Å². The maximum atomic E-state index is 6.20. The molecule has 9 aromatic rings. The first-order valence-electron chi connectivity index (χ1n) is 15.7. The molecule has 0 N–H and O–H groups in total. The Morgan fingerprint density at radius 2 is 1.07 bits per heavy atom. The molecular formula is C44H29NO. The van der Waals surface area contributed by atoms with Crippen LogP contribution in [-0.2, 0) is 0 Å². The van der Waals surface area contributed by atoms with Crippen molar-refractivity contribution in [3.63, 3.8) is 0 Å². The van der Waals surface area contributed by atoms with E-state index in [-0.39, 0.29) is 0 Å². The number of rotatable bonds is 5. The summed E-state index contributed by atoms with van der Waals surface area (Å²) in [6.07, 6.45) is 0. The van der Waals surface area contributed by atoms with Crippen LogP contribution in [0.3, 0.4) is 0 Å². The molecule has 46 heavy (non-hydrogen) atoms. The molecule has 1 aromatic heterocycles. The minimum absolute atomic E-state index is 0.914. The summed E-state index contributed by atoms with van der Waals surface area (Å²) >= 11 is 0. The van der Waals surface area contributed by atoms with E-state index in [1.165, 1.54) is 43.8 Å². The molecule has 0 aliphatic rings. The van der Waals surface area contributed by atoms with Crippen LogP contribution in [-0.4, -0.2) is 0 Å². The van der Waals surface area contributed by atoms with Crippen LogP contribution in [0.15, 0.2) is 180 Å². The molecule has 0 saturated heterocycles. The van der Waals surface area contributed by atoms with Crippen LogP contribution in [0.1, 0.15) is 0 Å². The van der Waals surface area contributed by atoms with E-state index >= 15 is 0 Å². The van der Waals surface area contributed by atoms with Gasteiger partial charge in [-0.2, -0.15) is 0 Å². The van der Waals surface area contributed by atoms with Crippen molar-refractivity contribution in [2.24, 2.45) is 0 Å². The van der Waals surface area contributed by atoms with Crippen LogP contribution in [0.2, 0.25) is 0 Å². The van der Waals surface area contributed by atoms with Crippen LogP contribution in [0.4, 0.5) is 17.1 Å². The SMILES string of the molecule is c1ccc(-c2ccccc2N(c2ccc(-c3ccc4ccccc4c3)cc2)c2ccc3c(ccc4oc5ccccc5c43)c2)cc1. The molecule has 0 amide bonds. The lowest BCUT2D eigenvalue weighted by Crippen LogP contribution is -2.11. The monoisotopic (exact) mass is 587 g/mol. The van der Waals surface area contributed by atoms with E-state index in [4.69, 9.17) is 4.42 Å². The molecule has 0 atom stereocenters. The van der Waals surface area contributed by atoms with Crippen molar-refractivity contribution in [1.82, 2.24) is 0 Å². The van der Waals surface area contributed by atoms with Gasteiger partial charge in [-0.25, -0.2) is 0 Å². The molecule has 216 valence electrons. The van der Waals surface area contributed by atoms with Gasteiger partial charge in [0.1, 0.15) is 11.2 Å². The number of fused-ring (bicyclic) bond motifs is 6. The Bertz CT molecular complexity index is 2530.